The molecule has 0 amide bonds. The molecule has 0 atom stereocenters. The van der Waals surface area contributed by atoms with Gasteiger partial charge in [0.2, 0.25) is 0 Å². The van der Waals surface area contributed by atoms with E-state index in [1.807, 2.05) is 24.3 Å². The van der Waals surface area contributed by atoms with Crippen molar-refractivity contribution >= 4 is 27.7 Å². The highest BCUT2D eigenvalue weighted by Crippen LogP contribution is 2.17. The molecule has 0 aliphatic rings. The molecular formula is C13H15BrO3. The van der Waals surface area contributed by atoms with Crippen LogP contribution in [0, 0.1) is 0 Å². The van der Waals surface area contributed by atoms with Gasteiger partial charge in [0.15, 0.2) is 0 Å². The standard InChI is InChI=1S/C13H15BrO3/c1-2-17-13(16)9-11(15)8-7-10-5-3-4-6-12(10)14/h3-6H,2,7-9H2,1H3. The smallest absolute Gasteiger partial charge is 0.313 e. The average Bonchev–Trinajstić information content (AvgIpc) is 2.28. The summed E-state index contributed by atoms with van der Waals surface area (Å²) in [6, 6.07) is 7.75. The Morgan fingerprint density at radius 1 is 1.29 bits per heavy atom. The van der Waals surface area contributed by atoms with Crippen molar-refractivity contribution in [2.75, 3.05) is 6.61 Å². The molecule has 0 fully saturated rings. The van der Waals surface area contributed by atoms with Crippen molar-refractivity contribution in [2.24, 2.45) is 0 Å². The normalized spacial score (nSPS) is 10.0. The molecule has 92 valence electrons. The van der Waals surface area contributed by atoms with Gasteiger partial charge in [-0.05, 0) is 25.0 Å². The molecule has 0 bridgehead atoms. The number of halogens is 1. The predicted octanol–water partition coefficient (Wildman–Crippen LogP) is 2.90. The highest BCUT2D eigenvalue weighted by Gasteiger charge is 2.10. The fourth-order valence-electron chi connectivity index (χ4n) is 1.44. The Bertz CT molecular complexity index is 401. The van der Waals surface area contributed by atoms with Crippen molar-refractivity contribution < 1.29 is 14.3 Å². The quantitative estimate of drug-likeness (QED) is 0.599. The third-order valence-electron chi connectivity index (χ3n) is 2.28. The van der Waals surface area contributed by atoms with Crippen molar-refractivity contribution in [1.29, 1.82) is 0 Å². The highest BCUT2D eigenvalue weighted by atomic mass is 79.9. The van der Waals surface area contributed by atoms with Crippen LogP contribution in [0.2, 0.25) is 0 Å². The van der Waals surface area contributed by atoms with Crippen molar-refractivity contribution in [3.8, 4) is 0 Å². The van der Waals surface area contributed by atoms with E-state index in [4.69, 9.17) is 4.74 Å². The Hall–Kier alpha value is -1.16. The number of hydrogen-bond donors (Lipinski definition) is 0. The van der Waals surface area contributed by atoms with Crippen LogP contribution in [0.3, 0.4) is 0 Å². The maximum atomic E-state index is 11.5. The summed E-state index contributed by atoms with van der Waals surface area (Å²) in [5, 5.41) is 0. The molecule has 0 spiro atoms. The number of benzene rings is 1. The molecular weight excluding hydrogens is 284 g/mol. The zero-order chi connectivity index (χ0) is 12.7. The lowest BCUT2D eigenvalue weighted by molar-refractivity contribution is -0.145. The number of carbonyl (C=O) groups is 2. The van der Waals surface area contributed by atoms with Crippen LogP contribution in [0.5, 0.6) is 0 Å². The second-order valence-electron chi connectivity index (χ2n) is 3.61. The van der Waals surface area contributed by atoms with Crippen LogP contribution in [0.1, 0.15) is 25.3 Å². The van der Waals surface area contributed by atoms with Crippen LogP contribution in [0.25, 0.3) is 0 Å². The lowest BCUT2D eigenvalue weighted by Gasteiger charge is -2.04. The van der Waals surface area contributed by atoms with E-state index < -0.39 is 5.97 Å². The maximum Gasteiger partial charge on any atom is 0.313 e. The van der Waals surface area contributed by atoms with Crippen molar-refractivity contribution in [3.05, 3.63) is 34.3 Å². The summed E-state index contributed by atoms with van der Waals surface area (Å²) >= 11 is 3.42. The van der Waals surface area contributed by atoms with E-state index in [1.54, 1.807) is 6.92 Å². The van der Waals surface area contributed by atoms with Crippen LogP contribution in [-0.2, 0) is 20.7 Å². The Morgan fingerprint density at radius 2 is 2.00 bits per heavy atom. The van der Waals surface area contributed by atoms with Gasteiger partial charge in [0.1, 0.15) is 12.2 Å². The molecule has 0 unspecified atom stereocenters. The van der Waals surface area contributed by atoms with E-state index in [1.165, 1.54) is 0 Å². The minimum Gasteiger partial charge on any atom is -0.466 e. The molecule has 1 aromatic carbocycles. The molecule has 1 aromatic rings. The Labute approximate surface area is 109 Å². The fraction of sp³-hybridized carbons (Fsp3) is 0.385. The molecule has 17 heavy (non-hydrogen) atoms. The number of hydrogen-bond acceptors (Lipinski definition) is 3. The predicted molar refractivity (Wildman–Crippen MR) is 68.7 cm³/mol. The monoisotopic (exact) mass is 298 g/mol. The van der Waals surface area contributed by atoms with Crippen LogP contribution >= 0.6 is 15.9 Å². The van der Waals surface area contributed by atoms with Crippen molar-refractivity contribution in [1.82, 2.24) is 0 Å². The second-order valence-corrected chi connectivity index (χ2v) is 4.47. The summed E-state index contributed by atoms with van der Waals surface area (Å²) in [4.78, 5) is 22.6. The number of esters is 1. The van der Waals surface area contributed by atoms with Gasteiger partial charge in [-0.2, -0.15) is 0 Å². The van der Waals surface area contributed by atoms with E-state index in [0.29, 0.717) is 19.4 Å². The lowest BCUT2D eigenvalue weighted by Crippen LogP contribution is -2.11. The summed E-state index contributed by atoms with van der Waals surface area (Å²) in [5.41, 5.74) is 1.07. The van der Waals surface area contributed by atoms with Crippen LogP contribution in [0.15, 0.2) is 28.7 Å². The molecule has 0 aliphatic heterocycles. The summed E-state index contributed by atoms with van der Waals surface area (Å²) in [7, 11) is 0. The van der Waals surface area contributed by atoms with Gasteiger partial charge < -0.3 is 4.74 Å². The molecule has 0 aliphatic carbocycles. The number of carbonyl (C=O) groups excluding carboxylic acids is 2. The minimum atomic E-state index is -0.440. The molecule has 1 rings (SSSR count). The van der Waals surface area contributed by atoms with E-state index in [0.717, 1.165) is 10.0 Å². The van der Waals surface area contributed by atoms with E-state index in [9.17, 15) is 9.59 Å². The molecule has 0 heterocycles. The Kier molecular flexibility index (Phi) is 5.91. The zero-order valence-corrected chi connectivity index (χ0v) is 11.3. The van der Waals surface area contributed by atoms with Gasteiger partial charge in [0, 0.05) is 10.9 Å². The van der Waals surface area contributed by atoms with Crippen LogP contribution < -0.4 is 0 Å². The molecule has 4 heteroatoms. The number of ether oxygens (including phenoxy) is 1. The number of aryl methyl sites for hydroxylation is 1. The first kappa shape index (κ1) is 13.9. The van der Waals surface area contributed by atoms with Gasteiger partial charge in [-0.3, -0.25) is 9.59 Å². The Morgan fingerprint density at radius 3 is 2.65 bits per heavy atom. The first-order chi connectivity index (χ1) is 8.13. The SMILES string of the molecule is CCOC(=O)CC(=O)CCc1ccccc1Br. The molecule has 0 radical (unpaired) electrons. The molecule has 0 aromatic heterocycles. The largest absolute Gasteiger partial charge is 0.466 e. The van der Waals surface area contributed by atoms with Gasteiger partial charge >= 0.3 is 5.97 Å². The fourth-order valence-corrected chi connectivity index (χ4v) is 1.92. The summed E-state index contributed by atoms with van der Waals surface area (Å²) in [6.07, 6.45) is 0.874. The van der Waals surface area contributed by atoms with Gasteiger partial charge in [0.25, 0.3) is 0 Å². The van der Waals surface area contributed by atoms with Crippen LogP contribution in [-0.4, -0.2) is 18.4 Å². The van der Waals surface area contributed by atoms with E-state index >= 15 is 0 Å². The molecule has 3 nitrogen and oxygen atoms in total. The molecule has 0 saturated heterocycles. The third kappa shape index (κ3) is 5.13. The van der Waals surface area contributed by atoms with Gasteiger partial charge in [-0.25, -0.2) is 0 Å². The van der Waals surface area contributed by atoms with Crippen molar-refractivity contribution in [3.63, 3.8) is 0 Å². The first-order valence-electron chi connectivity index (χ1n) is 5.54. The maximum absolute atomic E-state index is 11.5. The third-order valence-corrected chi connectivity index (χ3v) is 3.05. The number of Topliss-reactive ketones (excluding diaryl/α,β-unsaturated/α-hetero) is 1. The van der Waals surface area contributed by atoms with Gasteiger partial charge in [-0.1, -0.05) is 34.1 Å². The van der Waals surface area contributed by atoms with Crippen LogP contribution in [0.4, 0.5) is 0 Å². The second kappa shape index (κ2) is 7.22. The zero-order valence-electron chi connectivity index (χ0n) is 9.74. The van der Waals surface area contributed by atoms with Gasteiger partial charge in [-0.15, -0.1) is 0 Å². The van der Waals surface area contributed by atoms with E-state index in [-0.39, 0.29) is 12.2 Å². The summed E-state index contributed by atoms with van der Waals surface area (Å²) in [5.74, 6) is -0.524. The van der Waals surface area contributed by atoms with Gasteiger partial charge in [0.05, 0.1) is 6.61 Å². The summed E-state index contributed by atoms with van der Waals surface area (Å²) < 4.78 is 5.71. The first-order valence-corrected chi connectivity index (χ1v) is 6.33. The minimum absolute atomic E-state index is 0.0841. The Balaban J connectivity index is 2.38. The number of ketones is 1. The molecule has 0 saturated carbocycles. The number of rotatable bonds is 6. The average molecular weight is 299 g/mol. The topological polar surface area (TPSA) is 43.4 Å². The van der Waals surface area contributed by atoms with E-state index in [2.05, 4.69) is 15.9 Å². The highest BCUT2D eigenvalue weighted by molar-refractivity contribution is 9.10. The summed E-state index contributed by atoms with van der Waals surface area (Å²) in [6.45, 7) is 2.04. The molecule has 0 N–H and O–H groups in total. The van der Waals surface area contributed by atoms with Crippen molar-refractivity contribution in [2.45, 2.75) is 26.2 Å². The lowest BCUT2D eigenvalue weighted by atomic mass is 10.1.